The minimum absolute atomic E-state index is 0.177. The van der Waals surface area contributed by atoms with Crippen molar-refractivity contribution >= 4 is 29.2 Å². The van der Waals surface area contributed by atoms with Gasteiger partial charge in [0, 0.05) is 16.6 Å². The lowest BCUT2D eigenvalue weighted by Crippen LogP contribution is -2.19. The number of nitrogens with one attached hydrogen (secondary N) is 1. The van der Waals surface area contributed by atoms with Crippen LogP contribution in [0.15, 0.2) is 17.3 Å². The number of carbonyl (C=O) groups excluding carboxylic acids is 2. The molecule has 2 heterocycles. The lowest BCUT2D eigenvalue weighted by molar-refractivity contribution is -0.124. The molecule has 0 aliphatic carbocycles. The fourth-order valence-electron chi connectivity index (χ4n) is 1.09. The van der Waals surface area contributed by atoms with Crippen molar-refractivity contribution in [2.75, 3.05) is 0 Å². The van der Waals surface area contributed by atoms with Crippen LogP contribution in [0.1, 0.15) is 11.3 Å². The summed E-state index contributed by atoms with van der Waals surface area (Å²) in [4.78, 5) is 26.7. The lowest BCUT2D eigenvalue weighted by Gasteiger charge is -1.88. The average Bonchev–Trinajstić information content (AvgIpc) is 2.63. The number of imide groups is 1. The van der Waals surface area contributed by atoms with Gasteiger partial charge in [0.05, 0.1) is 11.9 Å². The molecule has 1 aromatic rings. The molecule has 0 bridgehead atoms. The van der Waals surface area contributed by atoms with Gasteiger partial charge in [-0.1, -0.05) is 0 Å². The Morgan fingerprint density at radius 3 is 2.92 bits per heavy atom. The van der Waals surface area contributed by atoms with E-state index >= 15 is 0 Å². The molecule has 4 nitrogen and oxygen atoms in total. The minimum atomic E-state index is -0.293. The zero-order chi connectivity index (χ0) is 9.26. The van der Waals surface area contributed by atoms with E-state index in [0.29, 0.717) is 5.57 Å². The Morgan fingerprint density at radius 1 is 1.54 bits per heavy atom. The molecule has 1 N–H and O–H groups in total. The SMILES string of the molecule is O=C1CC(=Cc2cncs2)C(=O)N1. The van der Waals surface area contributed by atoms with Crippen molar-refractivity contribution < 1.29 is 9.59 Å². The fourth-order valence-corrected chi connectivity index (χ4v) is 1.66. The molecule has 0 atom stereocenters. The predicted octanol–water partition coefficient (Wildman–Crippen LogP) is 0.573. The highest BCUT2D eigenvalue weighted by molar-refractivity contribution is 7.10. The molecule has 5 heteroatoms. The summed E-state index contributed by atoms with van der Waals surface area (Å²) in [5, 5.41) is 2.22. The number of amides is 2. The highest BCUT2D eigenvalue weighted by Gasteiger charge is 2.23. The van der Waals surface area contributed by atoms with E-state index in [4.69, 9.17) is 0 Å². The number of carbonyl (C=O) groups is 2. The molecule has 0 unspecified atom stereocenters. The minimum Gasteiger partial charge on any atom is -0.292 e. The van der Waals surface area contributed by atoms with Gasteiger partial charge < -0.3 is 0 Å². The summed E-state index contributed by atoms with van der Waals surface area (Å²) < 4.78 is 0. The van der Waals surface area contributed by atoms with Gasteiger partial charge in [0.25, 0.3) is 5.91 Å². The van der Waals surface area contributed by atoms with Crippen molar-refractivity contribution in [1.82, 2.24) is 10.3 Å². The predicted molar refractivity (Wildman–Crippen MR) is 47.9 cm³/mol. The third-order valence-corrected chi connectivity index (χ3v) is 2.39. The monoisotopic (exact) mass is 194 g/mol. The lowest BCUT2D eigenvalue weighted by atomic mass is 10.2. The largest absolute Gasteiger partial charge is 0.292 e. The van der Waals surface area contributed by atoms with E-state index in [1.165, 1.54) is 11.3 Å². The van der Waals surface area contributed by atoms with Gasteiger partial charge >= 0.3 is 0 Å². The molecule has 1 aromatic heterocycles. The number of hydrogen-bond acceptors (Lipinski definition) is 4. The Kier molecular flexibility index (Phi) is 1.94. The van der Waals surface area contributed by atoms with E-state index in [9.17, 15) is 9.59 Å². The van der Waals surface area contributed by atoms with E-state index in [2.05, 4.69) is 10.3 Å². The summed E-state index contributed by atoms with van der Waals surface area (Å²) in [7, 11) is 0. The second kappa shape index (κ2) is 3.10. The van der Waals surface area contributed by atoms with Crippen LogP contribution in [0, 0.1) is 0 Å². The van der Waals surface area contributed by atoms with Gasteiger partial charge in [-0.05, 0) is 6.08 Å². The quantitative estimate of drug-likeness (QED) is 0.525. The van der Waals surface area contributed by atoms with Crippen molar-refractivity contribution in [3.05, 3.63) is 22.2 Å². The topological polar surface area (TPSA) is 59.1 Å². The highest BCUT2D eigenvalue weighted by Crippen LogP contribution is 2.16. The van der Waals surface area contributed by atoms with Crippen LogP contribution in [0.4, 0.5) is 0 Å². The number of rotatable bonds is 1. The first kappa shape index (κ1) is 8.12. The van der Waals surface area contributed by atoms with Crippen LogP contribution in [0.2, 0.25) is 0 Å². The summed E-state index contributed by atoms with van der Waals surface area (Å²) in [5.41, 5.74) is 2.19. The zero-order valence-corrected chi connectivity index (χ0v) is 7.43. The fraction of sp³-hybridized carbons (Fsp3) is 0.125. The Balaban J connectivity index is 2.27. The second-order valence-electron chi connectivity index (χ2n) is 2.63. The van der Waals surface area contributed by atoms with Crippen LogP contribution < -0.4 is 5.32 Å². The molecule has 0 spiro atoms. The van der Waals surface area contributed by atoms with Crippen molar-refractivity contribution in [2.45, 2.75) is 6.42 Å². The van der Waals surface area contributed by atoms with Crippen LogP contribution in [0.25, 0.3) is 6.08 Å². The van der Waals surface area contributed by atoms with E-state index in [1.807, 2.05) is 0 Å². The van der Waals surface area contributed by atoms with Gasteiger partial charge in [-0.25, -0.2) is 0 Å². The summed E-state index contributed by atoms with van der Waals surface area (Å²) in [5.74, 6) is -0.529. The second-order valence-corrected chi connectivity index (χ2v) is 3.55. The summed E-state index contributed by atoms with van der Waals surface area (Å²) in [6, 6.07) is 0. The van der Waals surface area contributed by atoms with Crippen molar-refractivity contribution in [3.8, 4) is 0 Å². The van der Waals surface area contributed by atoms with Gasteiger partial charge in [-0.2, -0.15) is 0 Å². The standard InChI is InChI=1S/C8H6N2O2S/c11-7-2-5(8(12)10-7)1-6-3-9-4-13-6/h1,3-4H,2H2,(H,10,11,12). The summed E-state index contributed by atoms with van der Waals surface area (Å²) in [6.07, 6.45) is 3.53. The molecular weight excluding hydrogens is 188 g/mol. The number of aromatic nitrogens is 1. The van der Waals surface area contributed by atoms with Crippen molar-refractivity contribution in [3.63, 3.8) is 0 Å². The summed E-state index contributed by atoms with van der Waals surface area (Å²) >= 11 is 1.43. The van der Waals surface area contributed by atoms with Gasteiger partial charge in [0.15, 0.2) is 0 Å². The molecule has 2 rings (SSSR count). The first-order valence-corrected chi connectivity index (χ1v) is 4.57. The van der Waals surface area contributed by atoms with Crippen LogP contribution in [0.3, 0.4) is 0 Å². The Morgan fingerprint density at radius 2 is 2.38 bits per heavy atom. The first-order chi connectivity index (χ1) is 6.25. The number of hydrogen-bond donors (Lipinski definition) is 1. The van der Waals surface area contributed by atoms with E-state index in [-0.39, 0.29) is 18.2 Å². The maximum absolute atomic E-state index is 11.1. The van der Waals surface area contributed by atoms with E-state index in [0.717, 1.165) is 4.88 Å². The smallest absolute Gasteiger partial charge is 0.254 e. The summed E-state index contributed by atoms with van der Waals surface area (Å²) in [6.45, 7) is 0. The van der Waals surface area contributed by atoms with Crippen LogP contribution in [-0.2, 0) is 9.59 Å². The van der Waals surface area contributed by atoms with E-state index in [1.54, 1.807) is 17.8 Å². The van der Waals surface area contributed by atoms with Crippen LogP contribution in [-0.4, -0.2) is 16.8 Å². The molecular formula is C8H6N2O2S. The molecule has 0 aromatic carbocycles. The molecule has 2 amide bonds. The molecule has 13 heavy (non-hydrogen) atoms. The Hall–Kier alpha value is -1.49. The molecule has 66 valence electrons. The first-order valence-electron chi connectivity index (χ1n) is 3.69. The Bertz CT molecular complexity index is 381. The maximum Gasteiger partial charge on any atom is 0.254 e. The van der Waals surface area contributed by atoms with Crippen molar-refractivity contribution in [1.29, 1.82) is 0 Å². The van der Waals surface area contributed by atoms with Gasteiger partial charge in [-0.15, -0.1) is 11.3 Å². The van der Waals surface area contributed by atoms with Gasteiger partial charge in [-0.3, -0.25) is 19.9 Å². The molecule has 1 aliphatic rings. The van der Waals surface area contributed by atoms with Crippen LogP contribution in [0.5, 0.6) is 0 Å². The molecule has 1 saturated heterocycles. The highest BCUT2D eigenvalue weighted by atomic mass is 32.1. The molecule has 1 fully saturated rings. The van der Waals surface area contributed by atoms with Crippen LogP contribution >= 0.6 is 11.3 Å². The van der Waals surface area contributed by atoms with Gasteiger partial charge in [0.1, 0.15) is 0 Å². The Labute approximate surface area is 78.3 Å². The normalized spacial score (nSPS) is 19.5. The molecule has 0 saturated carbocycles. The molecule has 1 aliphatic heterocycles. The number of thiazole rings is 1. The molecule has 0 radical (unpaired) electrons. The number of nitrogens with zero attached hydrogens (tertiary/aromatic N) is 1. The third-order valence-electron chi connectivity index (χ3n) is 1.66. The maximum atomic E-state index is 11.1. The van der Waals surface area contributed by atoms with Gasteiger partial charge in [0.2, 0.25) is 5.91 Å². The third kappa shape index (κ3) is 1.65. The van der Waals surface area contributed by atoms with E-state index < -0.39 is 0 Å². The zero-order valence-electron chi connectivity index (χ0n) is 6.61. The van der Waals surface area contributed by atoms with Crippen molar-refractivity contribution in [2.24, 2.45) is 0 Å². The average molecular weight is 194 g/mol.